The Balaban J connectivity index is 1.37. The lowest BCUT2D eigenvalue weighted by Crippen LogP contribution is -2.38. The summed E-state index contributed by atoms with van der Waals surface area (Å²) >= 11 is 0. The summed E-state index contributed by atoms with van der Waals surface area (Å²) in [6, 6.07) is 33.4. The van der Waals surface area contributed by atoms with E-state index in [9.17, 15) is 18.0 Å². The second kappa shape index (κ2) is 12.9. The number of anilines is 2. The maximum absolute atomic E-state index is 13.7. The predicted octanol–water partition coefficient (Wildman–Crippen LogP) is 5.84. The molecule has 0 saturated heterocycles. The van der Waals surface area contributed by atoms with E-state index in [1.165, 1.54) is 18.4 Å². The van der Waals surface area contributed by atoms with Crippen LogP contribution in [0.3, 0.4) is 0 Å². The molecule has 5 aromatic rings. The Morgan fingerprint density at radius 3 is 2.07 bits per heavy atom. The van der Waals surface area contributed by atoms with Gasteiger partial charge in [-0.15, -0.1) is 0 Å². The minimum Gasteiger partial charge on any atom is -0.467 e. The fourth-order valence-corrected chi connectivity index (χ4v) is 5.57. The number of ether oxygens (including phenoxy) is 1. The summed E-state index contributed by atoms with van der Waals surface area (Å²) in [7, 11) is -4.13. The van der Waals surface area contributed by atoms with E-state index in [0.29, 0.717) is 17.3 Å². The highest BCUT2D eigenvalue weighted by molar-refractivity contribution is 7.92. The van der Waals surface area contributed by atoms with E-state index in [-0.39, 0.29) is 28.4 Å². The number of para-hydroxylation sites is 2. The number of hydrogen-bond donors (Lipinski definition) is 2. The largest absolute Gasteiger partial charge is 0.467 e. The molecule has 2 N–H and O–H groups in total. The fourth-order valence-electron chi connectivity index (χ4n) is 4.13. The number of carbonyl (C=O) groups is 2. The van der Waals surface area contributed by atoms with Crippen molar-refractivity contribution >= 4 is 33.2 Å². The van der Waals surface area contributed by atoms with Crippen molar-refractivity contribution in [2.45, 2.75) is 11.4 Å². The van der Waals surface area contributed by atoms with E-state index in [0.717, 1.165) is 4.31 Å². The Bertz CT molecular complexity index is 1740. The van der Waals surface area contributed by atoms with Gasteiger partial charge in [-0.3, -0.25) is 13.9 Å². The van der Waals surface area contributed by atoms with Crippen molar-refractivity contribution in [2.24, 2.45) is 0 Å². The summed E-state index contributed by atoms with van der Waals surface area (Å²) in [5, 5.41) is 5.45. The van der Waals surface area contributed by atoms with Gasteiger partial charge in [0.2, 0.25) is 5.91 Å². The molecule has 1 aromatic heterocycles. The lowest BCUT2D eigenvalue weighted by molar-refractivity contribution is -0.114. The molecule has 0 saturated carbocycles. The van der Waals surface area contributed by atoms with Gasteiger partial charge in [-0.05, 0) is 72.8 Å². The molecule has 0 bridgehead atoms. The number of carbonyl (C=O) groups excluding carboxylic acids is 2. The lowest BCUT2D eigenvalue weighted by atomic mass is 10.1. The fraction of sp³-hybridized carbons (Fsp3) is 0.0625. The Labute approximate surface area is 243 Å². The van der Waals surface area contributed by atoms with E-state index < -0.39 is 28.4 Å². The zero-order valence-corrected chi connectivity index (χ0v) is 23.2. The zero-order chi connectivity index (χ0) is 29.4. The first kappa shape index (κ1) is 28.2. The minimum absolute atomic E-state index is 0.0279. The molecular weight excluding hydrogens is 554 g/mol. The first-order valence-electron chi connectivity index (χ1n) is 13.0. The third-order valence-electron chi connectivity index (χ3n) is 6.17. The normalized spacial score (nSPS) is 11.0. The van der Waals surface area contributed by atoms with Crippen molar-refractivity contribution in [1.82, 2.24) is 5.32 Å². The lowest BCUT2D eigenvalue weighted by Gasteiger charge is -2.24. The number of furan rings is 1. The molecule has 0 fully saturated rings. The van der Waals surface area contributed by atoms with Gasteiger partial charge in [0, 0.05) is 0 Å². The standard InChI is InChI=1S/C32H27N3O6S/c36-31(34-30-16-8-7-15-29(30)32(37)33-22-27-12-9-21-40-27)23-35(42(38,39)28-13-5-2-6-14-28)24-17-19-26(20-18-24)41-25-10-3-1-4-11-25/h1-21H,22-23H2,(H,33,37)(H,34,36). The molecule has 0 aliphatic carbocycles. The van der Waals surface area contributed by atoms with Crippen molar-refractivity contribution in [3.63, 3.8) is 0 Å². The smallest absolute Gasteiger partial charge is 0.264 e. The third-order valence-corrected chi connectivity index (χ3v) is 7.96. The molecule has 1 heterocycles. The molecule has 0 spiro atoms. The monoisotopic (exact) mass is 581 g/mol. The van der Waals surface area contributed by atoms with Crippen LogP contribution in [-0.2, 0) is 21.4 Å². The Hall–Kier alpha value is -5.35. The Morgan fingerprint density at radius 1 is 0.738 bits per heavy atom. The van der Waals surface area contributed by atoms with Gasteiger partial charge < -0.3 is 19.8 Å². The molecule has 42 heavy (non-hydrogen) atoms. The molecule has 4 aromatic carbocycles. The summed E-state index contributed by atoms with van der Waals surface area (Å²) in [6.45, 7) is -0.375. The Morgan fingerprint density at radius 2 is 1.38 bits per heavy atom. The average molecular weight is 582 g/mol. The summed E-state index contributed by atoms with van der Waals surface area (Å²) in [6.07, 6.45) is 1.51. The van der Waals surface area contributed by atoms with Crippen LogP contribution in [0.15, 0.2) is 137 Å². The number of nitrogens with one attached hydrogen (secondary N) is 2. The minimum atomic E-state index is -4.13. The summed E-state index contributed by atoms with van der Waals surface area (Å²) in [5.41, 5.74) is 0.722. The zero-order valence-electron chi connectivity index (χ0n) is 22.3. The van der Waals surface area contributed by atoms with E-state index >= 15 is 0 Å². The molecule has 0 radical (unpaired) electrons. The van der Waals surface area contributed by atoms with Gasteiger partial charge in [-0.2, -0.15) is 0 Å². The highest BCUT2D eigenvalue weighted by Gasteiger charge is 2.27. The molecule has 0 aliphatic rings. The van der Waals surface area contributed by atoms with Crippen LogP contribution in [0.5, 0.6) is 11.5 Å². The maximum atomic E-state index is 13.7. The number of benzene rings is 4. The molecular formula is C32H27N3O6S. The first-order chi connectivity index (χ1) is 20.4. The van der Waals surface area contributed by atoms with Crippen LogP contribution in [0, 0.1) is 0 Å². The number of rotatable bonds is 11. The van der Waals surface area contributed by atoms with Crippen LogP contribution in [0.1, 0.15) is 16.1 Å². The topological polar surface area (TPSA) is 118 Å². The van der Waals surface area contributed by atoms with E-state index in [1.807, 2.05) is 18.2 Å². The van der Waals surface area contributed by atoms with Crippen molar-refractivity contribution < 1.29 is 27.2 Å². The highest BCUT2D eigenvalue weighted by atomic mass is 32.2. The van der Waals surface area contributed by atoms with Gasteiger partial charge in [0.1, 0.15) is 23.8 Å². The molecule has 2 amide bonds. The van der Waals surface area contributed by atoms with Gasteiger partial charge in [0.15, 0.2) is 0 Å². The molecule has 212 valence electrons. The van der Waals surface area contributed by atoms with Crippen LogP contribution >= 0.6 is 0 Å². The van der Waals surface area contributed by atoms with Gasteiger partial charge in [0.05, 0.1) is 34.6 Å². The first-order valence-corrected chi connectivity index (χ1v) is 14.4. The van der Waals surface area contributed by atoms with Crippen LogP contribution < -0.4 is 19.7 Å². The predicted molar refractivity (Wildman–Crippen MR) is 159 cm³/mol. The molecule has 0 aliphatic heterocycles. The number of nitrogens with zero attached hydrogens (tertiary/aromatic N) is 1. The average Bonchev–Trinajstić information content (AvgIpc) is 3.54. The summed E-state index contributed by atoms with van der Waals surface area (Å²) in [4.78, 5) is 26.2. The third kappa shape index (κ3) is 6.86. The molecule has 10 heteroatoms. The van der Waals surface area contributed by atoms with Crippen LogP contribution in [-0.4, -0.2) is 26.8 Å². The maximum Gasteiger partial charge on any atom is 0.264 e. The molecule has 0 atom stereocenters. The van der Waals surface area contributed by atoms with Crippen molar-refractivity contribution in [2.75, 3.05) is 16.2 Å². The van der Waals surface area contributed by atoms with Gasteiger partial charge in [-0.25, -0.2) is 8.42 Å². The Kier molecular flexibility index (Phi) is 8.64. The van der Waals surface area contributed by atoms with E-state index in [2.05, 4.69) is 10.6 Å². The highest BCUT2D eigenvalue weighted by Crippen LogP contribution is 2.28. The van der Waals surface area contributed by atoms with Crippen LogP contribution in [0.4, 0.5) is 11.4 Å². The van der Waals surface area contributed by atoms with Gasteiger partial charge in [0.25, 0.3) is 15.9 Å². The second-order valence-electron chi connectivity index (χ2n) is 9.09. The van der Waals surface area contributed by atoms with Gasteiger partial charge >= 0.3 is 0 Å². The molecule has 9 nitrogen and oxygen atoms in total. The summed E-state index contributed by atoms with van der Waals surface area (Å²) < 4.78 is 39.5. The molecule has 5 rings (SSSR count). The SMILES string of the molecule is O=C(CN(c1ccc(Oc2ccccc2)cc1)S(=O)(=O)c1ccccc1)Nc1ccccc1C(=O)NCc1ccco1. The van der Waals surface area contributed by atoms with Gasteiger partial charge in [-0.1, -0.05) is 48.5 Å². The van der Waals surface area contributed by atoms with Crippen LogP contribution in [0.2, 0.25) is 0 Å². The number of sulfonamides is 1. The van der Waals surface area contributed by atoms with E-state index in [1.54, 1.807) is 91.0 Å². The quantitative estimate of drug-likeness (QED) is 0.203. The number of amides is 2. The van der Waals surface area contributed by atoms with E-state index in [4.69, 9.17) is 9.15 Å². The number of hydrogen-bond acceptors (Lipinski definition) is 6. The van der Waals surface area contributed by atoms with Crippen molar-refractivity contribution in [3.8, 4) is 11.5 Å². The van der Waals surface area contributed by atoms with Crippen LogP contribution in [0.25, 0.3) is 0 Å². The second-order valence-corrected chi connectivity index (χ2v) is 11.0. The van der Waals surface area contributed by atoms with Crippen molar-refractivity contribution in [3.05, 3.63) is 139 Å². The van der Waals surface area contributed by atoms with Crippen molar-refractivity contribution in [1.29, 1.82) is 0 Å². The molecule has 0 unspecified atom stereocenters. The summed E-state index contributed by atoms with van der Waals surface area (Å²) in [5.74, 6) is 0.647.